The molecular formula is C19H26N4O2. The number of likely N-dealkylation sites (tertiary alicyclic amines) is 1. The number of carbonyl (C=O) groups is 1. The van der Waals surface area contributed by atoms with Gasteiger partial charge in [0.2, 0.25) is 5.91 Å². The minimum atomic E-state index is -0.0414. The van der Waals surface area contributed by atoms with Gasteiger partial charge in [0.15, 0.2) is 5.65 Å². The van der Waals surface area contributed by atoms with Crippen molar-refractivity contribution >= 4 is 17.1 Å². The van der Waals surface area contributed by atoms with Crippen molar-refractivity contribution in [2.24, 2.45) is 13.0 Å². The van der Waals surface area contributed by atoms with Crippen LogP contribution in [0.15, 0.2) is 23.1 Å². The van der Waals surface area contributed by atoms with Crippen LogP contribution in [-0.4, -0.2) is 38.0 Å². The number of carbonyl (C=O) groups excluding carboxylic acids is 1. The first-order chi connectivity index (χ1) is 12.1. The number of rotatable bonds is 3. The molecule has 0 bridgehead atoms. The zero-order chi connectivity index (χ0) is 17.4. The fourth-order valence-electron chi connectivity index (χ4n) is 4.47. The second-order valence-corrected chi connectivity index (χ2v) is 7.55. The molecule has 25 heavy (non-hydrogen) atoms. The van der Waals surface area contributed by atoms with Crippen molar-refractivity contribution < 1.29 is 4.79 Å². The fourth-order valence-corrected chi connectivity index (χ4v) is 4.47. The Bertz CT molecular complexity index is 832. The van der Waals surface area contributed by atoms with Gasteiger partial charge >= 0.3 is 5.69 Å². The van der Waals surface area contributed by atoms with E-state index < -0.39 is 0 Å². The standard InChI is InChI=1S/C19H26N4O2/c1-21-16-8-5-10-20-18(16)23(19(21)25)15-9-11-22(13-15)17(24)12-14-6-3-2-4-7-14/h5,8,10,14-15H,2-4,6-7,9,11-13H2,1H3/t15-/m1/s1. The molecule has 0 radical (unpaired) electrons. The molecule has 0 aromatic carbocycles. The summed E-state index contributed by atoms with van der Waals surface area (Å²) in [6.07, 6.45) is 9.44. The zero-order valence-electron chi connectivity index (χ0n) is 14.9. The molecule has 2 aromatic heterocycles. The highest BCUT2D eigenvalue weighted by Gasteiger charge is 2.31. The molecule has 3 heterocycles. The Hall–Kier alpha value is -2.11. The number of amides is 1. The lowest BCUT2D eigenvalue weighted by Crippen LogP contribution is -2.33. The molecule has 1 atom stereocenters. The Kier molecular flexibility index (Phi) is 4.36. The molecule has 6 heteroatoms. The molecule has 1 saturated heterocycles. The van der Waals surface area contributed by atoms with E-state index in [2.05, 4.69) is 4.98 Å². The van der Waals surface area contributed by atoms with E-state index >= 15 is 0 Å². The average Bonchev–Trinajstić information content (AvgIpc) is 3.20. The maximum atomic E-state index is 12.7. The molecule has 1 saturated carbocycles. The van der Waals surface area contributed by atoms with Gasteiger partial charge in [0.25, 0.3) is 0 Å². The number of fused-ring (bicyclic) bond motifs is 1. The van der Waals surface area contributed by atoms with Crippen LogP contribution < -0.4 is 5.69 Å². The predicted octanol–water partition coefficient (Wildman–Crippen LogP) is 2.48. The number of hydrogen-bond donors (Lipinski definition) is 0. The lowest BCUT2D eigenvalue weighted by molar-refractivity contribution is -0.131. The lowest BCUT2D eigenvalue weighted by atomic mass is 9.87. The summed E-state index contributed by atoms with van der Waals surface area (Å²) in [5.41, 5.74) is 1.53. The molecule has 2 aromatic rings. The van der Waals surface area contributed by atoms with E-state index in [0.29, 0.717) is 18.9 Å². The fraction of sp³-hybridized carbons (Fsp3) is 0.632. The topological polar surface area (TPSA) is 60.1 Å². The van der Waals surface area contributed by atoms with Crippen LogP contribution in [-0.2, 0) is 11.8 Å². The third-order valence-corrected chi connectivity index (χ3v) is 5.92. The monoisotopic (exact) mass is 342 g/mol. The van der Waals surface area contributed by atoms with Crippen LogP contribution in [0.2, 0.25) is 0 Å². The molecule has 1 aliphatic heterocycles. The first-order valence-electron chi connectivity index (χ1n) is 9.45. The van der Waals surface area contributed by atoms with Gasteiger partial charge in [-0.15, -0.1) is 0 Å². The highest BCUT2D eigenvalue weighted by Crippen LogP contribution is 2.29. The summed E-state index contributed by atoms with van der Waals surface area (Å²) in [6.45, 7) is 1.37. The molecular weight excluding hydrogens is 316 g/mol. The van der Waals surface area contributed by atoms with Gasteiger partial charge in [0, 0.05) is 32.8 Å². The second-order valence-electron chi connectivity index (χ2n) is 7.55. The van der Waals surface area contributed by atoms with Crippen molar-refractivity contribution in [2.45, 2.75) is 51.0 Å². The number of nitrogens with zero attached hydrogens (tertiary/aromatic N) is 4. The van der Waals surface area contributed by atoms with Crippen LogP contribution in [0.1, 0.15) is 51.0 Å². The minimum Gasteiger partial charge on any atom is -0.341 e. The SMILES string of the molecule is Cn1c(=O)n([C@@H]2CCN(C(=O)CC3CCCCC3)C2)c2ncccc21. The number of hydrogen-bond acceptors (Lipinski definition) is 3. The van der Waals surface area contributed by atoms with E-state index in [1.54, 1.807) is 22.4 Å². The summed E-state index contributed by atoms with van der Waals surface area (Å²) in [5, 5.41) is 0. The number of aromatic nitrogens is 3. The predicted molar refractivity (Wildman–Crippen MR) is 96.4 cm³/mol. The summed E-state index contributed by atoms with van der Waals surface area (Å²) >= 11 is 0. The van der Waals surface area contributed by atoms with Gasteiger partial charge in [-0.25, -0.2) is 9.78 Å². The number of imidazole rings is 1. The quantitative estimate of drug-likeness (QED) is 0.861. The van der Waals surface area contributed by atoms with Crippen LogP contribution in [0, 0.1) is 5.92 Å². The summed E-state index contributed by atoms with van der Waals surface area (Å²) in [5.74, 6) is 0.817. The molecule has 0 unspecified atom stereocenters. The van der Waals surface area contributed by atoms with Gasteiger partial charge in [-0.1, -0.05) is 19.3 Å². The van der Waals surface area contributed by atoms with Crippen molar-refractivity contribution in [2.75, 3.05) is 13.1 Å². The van der Waals surface area contributed by atoms with Crippen molar-refractivity contribution in [1.29, 1.82) is 0 Å². The summed E-state index contributed by atoms with van der Waals surface area (Å²) in [7, 11) is 1.78. The molecule has 0 N–H and O–H groups in total. The third-order valence-electron chi connectivity index (χ3n) is 5.92. The molecule has 2 fully saturated rings. The van der Waals surface area contributed by atoms with Gasteiger partial charge in [0.1, 0.15) is 0 Å². The summed E-state index contributed by atoms with van der Waals surface area (Å²) in [6, 6.07) is 3.79. The molecule has 1 aliphatic carbocycles. The van der Waals surface area contributed by atoms with E-state index in [1.807, 2.05) is 17.0 Å². The zero-order valence-corrected chi connectivity index (χ0v) is 14.9. The smallest absolute Gasteiger partial charge is 0.330 e. The van der Waals surface area contributed by atoms with Crippen LogP contribution in [0.3, 0.4) is 0 Å². The van der Waals surface area contributed by atoms with Crippen LogP contribution >= 0.6 is 0 Å². The van der Waals surface area contributed by atoms with E-state index in [-0.39, 0.29) is 17.6 Å². The number of aryl methyl sites for hydroxylation is 1. The minimum absolute atomic E-state index is 0.0291. The largest absolute Gasteiger partial charge is 0.341 e. The highest BCUT2D eigenvalue weighted by atomic mass is 16.2. The second kappa shape index (κ2) is 6.65. The van der Waals surface area contributed by atoms with Gasteiger partial charge in [0.05, 0.1) is 11.6 Å². The first-order valence-corrected chi connectivity index (χ1v) is 9.45. The van der Waals surface area contributed by atoms with Gasteiger partial charge < -0.3 is 4.90 Å². The number of pyridine rings is 1. The van der Waals surface area contributed by atoms with Crippen LogP contribution in [0.4, 0.5) is 0 Å². The van der Waals surface area contributed by atoms with Crippen LogP contribution in [0.5, 0.6) is 0 Å². The summed E-state index contributed by atoms with van der Waals surface area (Å²) in [4.78, 5) is 31.7. The van der Waals surface area contributed by atoms with Crippen molar-refractivity contribution in [3.63, 3.8) is 0 Å². The maximum absolute atomic E-state index is 12.7. The van der Waals surface area contributed by atoms with E-state index in [1.165, 1.54) is 32.1 Å². The maximum Gasteiger partial charge on any atom is 0.330 e. The molecule has 2 aliphatic rings. The molecule has 1 amide bonds. The Morgan fingerprint density at radius 3 is 2.84 bits per heavy atom. The van der Waals surface area contributed by atoms with Crippen molar-refractivity contribution in [1.82, 2.24) is 19.0 Å². The van der Waals surface area contributed by atoms with Crippen molar-refractivity contribution in [3.05, 3.63) is 28.8 Å². The third kappa shape index (κ3) is 2.98. The Morgan fingerprint density at radius 1 is 1.24 bits per heavy atom. The highest BCUT2D eigenvalue weighted by molar-refractivity contribution is 5.77. The normalized spacial score (nSPS) is 22.0. The molecule has 134 valence electrons. The van der Waals surface area contributed by atoms with Gasteiger partial charge in [-0.3, -0.25) is 13.9 Å². The van der Waals surface area contributed by atoms with E-state index in [9.17, 15) is 9.59 Å². The lowest BCUT2D eigenvalue weighted by Gasteiger charge is -2.24. The van der Waals surface area contributed by atoms with E-state index in [4.69, 9.17) is 0 Å². The first kappa shape index (κ1) is 16.4. The summed E-state index contributed by atoms with van der Waals surface area (Å²) < 4.78 is 3.43. The van der Waals surface area contributed by atoms with Gasteiger partial charge in [-0.2, -0.15) is 0 Å². The Morgan fingerprint density at radius 2 is 2.04 bits per heavy atom. The van der Waals surface area contributed by atoms with Gasteiger partial charge in [-0.05, 0) is 37.3 Å². The molecule has 4 rings (SSSR count). The van der Waals surface area contributed by atoms with E-state index in [0.717, 1.165) is 24.1 Å². The average molecular weight is 342 g/mol. The Labute approximate surface area is 147 Å². The van der Waals surface area contributed by atoms with Crippen LogP contribution in [0.25, 0.3) is 11.2 Å². The Balaban J connectivity index is 1.50. The van der Waals surface area contributed by atoms with Crippen molar-refractivity contribution in [3.8, 4) is 0 Å². The molecule has 0 spiro atoms. The molecule has 6 nitrogen and oxygen atoms in total.